The maximum absolute atomic E-state index is 13.5. The second-order valence-corrected chi connectivity index (χ2v) is 5.61. The third-order valence-electron chi connectivity index (χ3n) is 3.60. The zero-order valence-corrected chi connectivity index (χ0v) is 14.8. The Kier molecular flexibility index (Phi) is 6.21. The van der Waals surface area contributed by atoms with E-state index in [2.05, 4.69) is 21.1 Å². The molecule has 0 fully saturated rings. The largest absolute Gasteiger partial charge is 0.446 e. The van der Waals surface area contributed by atoms with Crippen LogP contribution in [0.1, 0.15) is 32.2 Å². The second kappa shape index (κ2) is 9.18. The Morgan fingerprint density at radius 3 is 1.55 bits per heavy atom. The molecule has 7 nitrogen and oxygen atoms in total. The first-order valence-electron chi connectivity index (χ1n) is 8.30. The van der Waals surface area contributed by atoms with Gasteiger partial charge in [-0.2, -0.15) is 10.2 Å². The van der Waals surface area contributed by atoms with Crippen molar-refractivity contribution < 1.29 is 22.8 Å². The van der Waals surface area contributed by atoms with Crippen LogP contribution in [0.4, 0.5) is 8.78 Å². The number of hydrogen-bond donors (Lipinski definition) is 2. The lowest BCUT2D eigenvalue weighted by Gasteiger charge is -1.98. The Morgan fingerprint density at radius 2 is 1.14 bits per heavy atom. The van der Waals surface area contributed by atoms with Crippen LogP contribution in [0.3, 0.4) is 0 Å². The molecule has 0 saturated carbocycles. The fourth-order valence-electron chi connectivity index (χ4n) is 2.17. The summed E-state index contributed by atoms with van der Waals surface area (Å²) < 4.78 is 32.1. The van der Waals surface area contributed by atoms with Crippen molar-refractivity contribution in [3.05, 3.63) is 94.9 Å². The van der Waals surface area contributed by atoms with Gasteiger partial charge in [-0.1, -0.05) is 36.4 Å². The van der Waals surface area contributed by atoms with E-state index in [1.165, 1.54) is 48.5 Å². The van der Waals surface area contributed by atoms with E-state index >= 15 is 0 Å². The minimum atomic E-state index is -0.730. The van der Waals surface area contributed by atoms with Crippen LogP contribution < -0.4 is 10.9 Å². The van der Waals surface area contributed by atoms with Crippen molar-refractivity contribution in [1.82, 2.24) is 10.9 Å². The van der Waals surface area contributed by atoms with E-state index < -0.39 is 23.4 Å². The molecule has 1 aromatic heterocycles. The first kappa shape index (κ1) is 19.6. The lowest BCUT2D eigenvalue weighted by molar-refractivity contribution is 0.0902. The Hall–Kier alpha value is -4.14. The summed E-state index contributed by atoms with van der Waals surface area (Å²) in [5.41, 5.74) is 4.72. The normalized spacial score (nSPS) is 11.1. The molecule has 2 amide bonds. The number of hydrazone groups is 2. The van der Waals surface area contributed by atoms with Gasteiger partial charge in [0.1, 0.15) is 11.6 Å². The molecule has 29 heavy (non-hydrogen) atoms. The van der Waals surface area contributed by atoms with E-state index in [-0.39, 0.29) is 22.6 Å². The van der Waals surface area contributed by atoms with Gasteiger partial charge in [0.25, 0.3) is 0 Å². The SMILES string of the molecule is O=C(NN=Cc1ccccc1F)c1ccc(C(=O)NN=Cc2ccccc2F)o1. The minimum Gasteiger partial charge on any atom is -0.446 e. The van der Waals surface area contributed by atoms with Crippen molar-refractivity contribution in [1.29, 1.82) is 0 Å². The number of benzene rings is 2. The van der Waals surface area contributed by atoms with Crippen LogP contribution in [-0.2, 0) is 0 Å². The molecule has 0 unspecified atom stereocenters. The summed E-state index contributed by atoms with van der Waals surface area (Å²) in [7, 11) is 0. The Balaban J connectivity index is 1.56. The summed E-state index contributed by atoms with van der Waals surface area (Å²) in [6.45, 7) is 0. The Bertz CT molecular complexity index is 1010. The Morgan fingerprint density at radius 1 is 0.724 bits per heavy atom. The number of halogens is 2. The monoisotopic (exact) mass is 396 g/mol. The van der Waals surface area contributed by atoms with Crippen LogP contribution in [0.15, 0.2) is 75.3 Å². The predicted octanol–water partition coefficient (Wildman–Crippen LogP) is 3.09. The third-order valence-corrected chi connectivity index (χ3v) is 3.60. The number of furan rings is 1. The van der Waals surface area contributed by atoms with Gasteiger partial charge in [0.05, 0.1) is 12.4 Å². The van der Waals surface area contributed by atoms with Crippen LogP contribution >= 0.6 is 0 Å². The Labute approximate surface area is 163 Å². The highest BCUT2D eigenvalue weighted by Crippen LogP contribution is 2.08. The van der Waals surface area contributed by atoms with Crippen LogP contribution in [0.2, 0.25) is 0 Å². The molecule has 9 heteroatoms. The number of rotatable bonds is 6. The molecule has 0 aliphatic heterocycles. The number of carbonyl (C=O) groups is 2. The van der Waals surface area contributed by atoms with E-state index in [1.54, 1.807) is 12.1 Å². The van der Waals surface area contributed by atoms with Crippen LogP contribution in [0.5, 0.6) is 0 Å². The van der Waals surface area contributed by atoms with Crippen LogP contribution in [0, 0.1) is 11.6 Å². The highest BCUT2D eigenvalue weighted by atomic mass is 19.1. The summed E-state index contributed by atoms with van der Waals surface area (Å²) in [4.78, 5) is 24.0. The molecular weight excluding hydrogens is 382 g/mol. The molecule has 0 radical (unpaired) electrons. The van der Waals surface area contributed by atoms with Gasteiger partial charge in [-0.05, 0) is 24.3 Å². The summed E-state index contributed by atoms with van der Waals surface area (Å²) in [6.07, 6.45) is 2.28. The maximum atomic E-state index is 13.5. The molecule has 3 rings (SSSR count). The summed E-state index contributed by atoms with van der Waals surface area (Å²) in [6, 6.07) is 14.3. The number of amides is 2. The van der Waals surface area contributed by atoms with Gasteiger partial charge in [0.2, 0.25) is 0 Å². The molecule has 2 N–H and O–H groups in total. The van der Waals surface area contributed by atoms with Crippen molar-refractivity contribution in [2.24, 2.45) is 10.2 Å². The number of nitrogens with one attached hydrogen (secondary N) is 2. The van der Waals surface area contributed by atoms with Gasteiger partial charge in [-0.25, -0.2) is 19.6 Å². The molecule has 0 bridgehead atoms. The summed E-state index contributed by atoms with van der Waals surface area (Å²) in [5, 5.41) is 7.28. The third kappa shape index (κ3) is 5.19. The van der Waals surface area contributed by atoms with E-state index in [4.69, 9.17) is 4.42 Å². The average molecular weight is 396 g/mol. The standard InChI is InChI=1S/C20H14F2N4O3/c21-15-7-3-1-5-13(15)11-23-25-19(27)17-9-10-18(29-17)20(28)26-24-12-14-6-2-4-8-16(14)22/h1-12H,(H,25,27)(H,26,28). The smallest absolute Gasteiger partial charge is 0.307 e. The van der Waals surface area contributed by atoms with Crippen molar-refractivity contribution in [2.75, 3.05) is 0 Å². The van der Waals surface area contributed by atoms with Crippen molar-refractivity contribution in [2.45, 2.75) is 0 Å². The topological polar surface area (TPSA) is 96.1 Å². The van der Waals surface area contributed by atoms with Gasteiger partial charge in [0.15, 0.2) is 11.5 Å². The number of carbonyl (C=O) groups excluding carboxylic acids is 2. The van der Waals surface area contributed by atoms with Gasteiger partial charge >= 0.3 is 11.8 Å². The summed E-state index contributed by atoms with van der Waals surface area (Å²) >= 11 is 0. The highest BCUT2D eigenvalue weighted by molar-refractivity contribution is 5.96. The predicted molar refractivity (Wildman–Crippen MR) is 102 cm³/mol. The molecule has 0 spiro atoms. The fourth-order valence-corrected chi connectivity index (χ4v) is 2.17. The van der Waals surface area contributed by atoms with E-state index in [0.717, 1.165) is 12.4 Å². The molecule has 0 saturated heterocycles. The van der Waals surface area contributed by atoms with Crippen molar-refractivity contribution in [3.63, 3.8) is 0 Å². The van der Waals surface area contributed by atoms with E-state index in [1.807, 2.05) is 0 Å². The van der Waals surface area contributed by atoms with E-state index in [0.29, 0.717) is 0 Å². The van der Waals surface area contributed by atoms with Gasteiger partial charge in [-0.15, -0.1) is 0 Å². The first-order chi connectivity index (χ1) is 14.0. The maximum Gasteiger partial charge on any atom is 0.307 e. The highest BCUT2D eigenvalue weighted by Gasteiger charge is 2.15. The van der Waals surface area contributed by atoms with Crippen LogP contribution in [0.25, 0.3) is 0 Å². The van der Waals surface area contributed by atoms with Gasteiger partial charge < -0.3 is 4.42 Å². The molecule has 2 aromatic carbocycles. The fraction of sp³-hybridized carbons (Fsp3) is 0. The molecule has 146 valence electrons. The number of hydrogen-bond acceptors (Lipinski definition) is 5. The van der Waals surface area contributed by atoms with Gasteiger partial charge in [0, 0.05) is 11.1 Å². The lowest BCUT2D eigenvalue weighted by Crippen LogP contribution is -2.18. The molecule has 0 atom stereocenters. The first-order valence-corrected chi connectivity index (χ1v) is 8.30. The van der Waals surface area contributed by atoms with Gasteiger partial charge in [-0.3, -0.25) is 9.59 Å². The van der Waals surface area contributed by atoms with Crippen molar-refractivity contribution in [3.8, 4) is 0 Å². The molecule has 1 heterocycles. The molecular formula is C20H14F2N4O3. The van der Waals surface area contributed by atoms with Crippen molar-refractivity contribution >= 4 is 24.2 Å². The lowest BCUT2D eigenvalue weighted by atomic mass is 10.2. The number of nitrogens with zero attached hydrogens (tertiary/aromatic N) is 2. The summed E-state index contributed by atoms with van der Waals surface area (Å²) in [5.74, 6) is -2.80. The minimum absolute atomic E-state index is 0.182. The quantitative estimate of drug-likeness (QED) is 0.495. The molecule has 0 aliphatic carbocycles. The zero-order valence-electron chi connectivity index (χ0n) is 14.8. The van der Waals surface area contributed by atoms with Crippen LogP contribution in [-0.4, -0.2) is 24.2 Å². The molecule has 3 aromatic rings. The average Bonchev–Trinajstić information content (AvgIpc) is 3.21. The second-order valence-electron chi connectivity index (χ2n) is 5.61. The van der Waals surface area contributed by atoms with E-state index in [9.17, 15) is 18.4 Å². The zero-order chi connectivity index (χ0) is 20.6. The molecule has 0 aliphatic rings.